The topological polar surface area (TPSA) is 36.7 Å². The lowest BCUT2D eigenvalue weighted by Gasteiger charge is -2.50. The zero-order valence-corrected chi connectivity index (χ0v) is 13.9. The molecule has 2 unspecified atom stereocenters. The monoisotopic (exact) mass is 308 g/mol. The van der Waals surface area contributed by atoms with E-state index in [0.717, 1.165) is 11.9 Å². The Bertz CT molecular complexity index is 754. The summed E-state index contributed by atoms with van der Waals surface area (Å²) in [5, 5.41) is 11.8. The van der Waals surface area contributed by atoms with Gasteiger partial charge in [-0.3, -0.25) is 4.98 Å². The summed E-state index contributed by atoms with van der Waals surface area (Å²) >= 11 is 0. The molecule has 0 amide bonds. The summed E-state index contributed by atoms with van der Waals surface area (Å²) in [6.07, 6.45) is 9.23. The molecule has 2 fully saturated rings. The lowest BCUT2D eigenvalue weighted by molar-refractivity contribution is 0.0200. The Labute approximate surface area is 134 Å². The Kier molecular flexibility index (Phi) is 3.43. The van der Waals surface area contributed by atoms with Crippen LogP contribution in [0.4, 0.5) is 0 Å². The van der Waals surface area contributed by atoms with Crippen LogP contribution in [0.25, 0.3) is 10.9 Å². The average Bonchev–Trinajstić information content (AvgIpc) is 2.54. The summed E-state index contributed by atoms with van der Waals surface area (Å²) in [7, 11) is 2.79. The summed E-state index contributed by atoms with van der Waals surface area (Å²) in [5.74, 6) is 0.948. The smallest absolute Gasteiger partial charge is 0.0705 e. The molecule has 1 aromatic carbocycles. The first-order valence-corrected chi connectivity index (χ1v) is 8.83. The molecule has 22 heavy (non-hydrogen) atoms. The normalized spacial score (nSPS) is 30.9. The minimum atomic E-state index is 0.321. The molecule has 1 heterocycles. The van der Waals surface area contributed by atoms with E-state index in [9.17, 15) is 5.26 Å². The molecule has 0 bridgehead atoms. The number of pyridine rings is 1. The maximum atomic E-state index is 9.30. The van der Waals surface area contributed by atoms with Crippen LogP contribution >= 0.6 is 9.24 Å². The highest BCUT2D eigenvalue weighted by atomic mass is 31.0. The molecule has 0 saturated heterocycles. The van der Waals surface area contributed by atoms with Crippen molar-refractivity contribution in [3.8, 4) is 6.07 Å². The van der Waals surface area contributed by atoms with E-state index in [0.29, 0.717) is 17.3 Å². The van der Waals surface area contributed by atoms with E-state index >= 15 is 0 Å². The van der Waals surface area contributed by atoms with Gasteiger partial charge in [0.2, 0.25) is 0 Å². The molecule has 1 spiro atoms. The second-order valence-corrected chi connectivity index (χ2v) is 7.70. The van der Waals surface area contributed by atoms with Crippen molar-refractivity contribution in [1.29, 1.82) is 5.26 Å². The van der Waals surface area contributed by atoms with Crippen molar-refractivity contribution in [1.82, 2.24) is 4.98 Å². The highest BCUT2D eigenvalue weighted by molar-refractivity contribution is 7.27. The van der Waals surface area contributed by atoms with Gasteiger partial charge in [0, 0.05) is 11.6 Å². The van der Waals surface area contributed by atoms with Crippen LogP contribution in [0.2, 0.25) is 0 Å². The maximum absolute atomic E-state index is 9.30. The van der Waals surface area contributed by atoms with Crippen LogP contribution in [-0.2, 0) is 0 Å². The van der Waals surface area contributed by atoms with Crippen LogP contribution in [0, 0.1) is 22.7 Å². The second kappa shape index (κ2) is 5.32. The number of aromatic nitrogens is 1. The van der Waals surface area contributed by atoms with Gasteiger partial charge in [-0.25, -0.2) is 0 Å². The highest BCUT2D eigenvalue weighted by Crippen LogP contribution is 2.58. The molecular formula is C19H21N2P. The first kappa shape index (κ1) is 14.2. The van der Waals surface area contributed by atoms with Crippen molar-refractivity contribution in [2.75, 3.05) is 0 Å². The summed E-state index contributed by atoms with van der Waals surface area (Å²) in [5.41, 5.74) is 2.92. The van der Waals surface area contributed by atoms with Crippen LogP contribution in [-0.4, -0.2) is 4.98 Å². The molecular weight excluding hydrogens is 287 g/mol. The summed E-state index contributed by atoms with van der Waals surface area (Å²) in [4.78, 5) is 4.51. The van der Waals surface area contributed by atoms with Gasteiger partial charge >= 0.3 is 0 Å². The van der Waals surface area contributed by atoms with Crippen LogP contribution < -0.4 is 5.30 Å². The molecule has 3 heteroatoms. The predicted molar refractivity (Wildman–Crippen MR) is 93.1 cm³/mol. The van der Waals surface area contributed by atoms with Crippen molar-refractivity contribution < 1.29 is 0 Å². The molecule has 2 nitrogen and oxygen atoms in total. The van der Waals surface area contributed by atoms with Gasteiger partial charge in [-0.1, -0.05) is 6.07 Å². The van der Waals surface area contributed by atoms with E-state index in [2.05, 4.69) is 44.6 Å². The van der Waals surface area contributed by atoms with E-state index in [1.807, 2.05) is 6.20 Å². The van der Waals surface area contributed by atoms with Gasteiger partial charge in [-0.05, 0) is 78.9 Å². The minimum absolute atomic E-state index is 0.321. The van der Waals surface area contributed by atoms with Gasteiger partial charge in [0.25, 0.3) is 0 Å². The Morgan fingerprint density at radius 3 is 2.59 bits per heavy atom. The number of hydrogen-bond donors (Lipinski definition) is 0. The molecule has 1 aromatic heterocycles. The SMILES string of the molecule is N#CC1CCC12CCC(c1ccnc3ccc(P)cc13)CC2. The fourth-order valence-corrected chi connectivity index (χ4v) is 4.80. The lowest BCUT2D eigenvalue weighted by Crippen LogP contribution is -2.42. The van der Waals surface area contributed by atoms with E-state index in [4.69, 9.17) is 0 Å². The Morgan fingerprint density at radius 2 is 1.91 bits per heavy atom. The van der Waals surface area contributed by atoms with Crippen LogP contribution in [0.3, 0.4) is 0 Å². The van der Waals surface area contributed by atoms with E-state index in [1.54, 1.807) is 0 Å². The fourth-order valence-electron chi connectivity index (χ4n) is 4.54. The Hall–Kier alpha value is -1.45. The van der Waals surface area contributed by atoms with Gasteiger partial charge in [-0.2, -0.15) is 5.26 Å². The quantitative estimate of drug-likeness (QED) is 0.736. The fraction of sp³-hybridized carbons (Fsp3) is 0.474. The zero-order chi connectivity index (χ0) is 15.2. The van der Waals surface area contributed by atoms with Gasteiger partial charge in [0.05, 0.1) is 17.5 Å². The van der Waals surface area contributed by atoms with Crippen molar-refractivity contribution >= 4 is 25.4 Å². The van der Waals surface area contributed by atoms with Crippen molar-refractivity contribution in [3.63, 3.8) is 0 Å². The summed E-state index contributed by atoms with van der Waals surface area (Å²) in [6, 6.07) is 11.2. The van der Waals surface area contributed by atoms with Crippen LogP contribution in [0.5, 0.6) is 0 Å². The van der Waals surface area contributed by atoms with Gasteiger partial charge in [0.15, 0.2) is 0 Å². The molecule has 2 aliphatic carbocycles. The molecule has 2 atom stereocenters. The average molecular weight is 308 g/mol. The van der Waals surface area contributed by atoms with Crippen molar-refractivity contribution in [2.24, 2.45) is 11.3 Å². The maximum Gasteiger partial charge on any atom is 0.0705 e. The number of benzene rings is 1. The molecule has 4 rings (SSSR count). The number of nitriles is 1. The Balaban J connectivity index is 1.62. The van der Waals surface area contributed by atoms with Crippen LogP contribution in [0.15, 0.2) is 30.5 Å². The highest BCUT2D eigenvalue weighted by Gasteiger charge is 2.48. The lowest BCUT2D eigenvalue weighted by atomic mass is 9.53. The van der Waals surface area contributed by atoms with Crippen molar-refractivity contribution in [2.45, 2.75) is 44.4 Å². The number of hydrogen-bond acceptors (Lipinski definition) is 2. The number of nitrogens with zero attached hydrogens (tertiary/aromatic N) is 2. The standard InChI is InChI=1S/C19H21N2P/c20-12-14-5-9-19(14)7-3-13(4-8-19)16-6-10-21-18-2-1-15(22)11-17(16)18/h1-2,6,10-11,13-14H,3-5,7-9,22H2. The summed E-state index contributed by atoms with van der Waals surface area (Å²) < 4.78 is 0. The van der Waals surface area contributed by atoms with Crippen LogP contribution in [0.1, 0.15) is 50.0 Å². The van der Waals surface area contributed by atoms with E-state index in [1.165, 1.54) is 48.4 Å². The minimum Gasteiger partial charge on any atom is -0.256 e. The first-order valence-electron chi connectivity index (χ1n) is 8.26. The third-order valence-corrected chi connectivity index (χ3v) is 6.41. The number of fused-ring (bicyclic) bond motifs is 1. The molecule has 0 N–H and O–H groups in total. The number of rotatable bonds is 1. The first-order chi connectivity index (χ1) is 10.7. The van der Waals surface area contributed by atoms with Gasteiger partial charge in [0.1, 0.15) is 0 Å². The molecule has 2 aromatic rings. The summed E-state index contributed by atoms with van der Waals surface area (Å²) in [6.45, 7) is 0. The zero-order valence-electron chi connectivity index (χ0n) is 12.8. The second-order valence-electron chi connectivity index (χ2n) is 7.03. The molecule has 0 radical (unpaired) electrons. The molecule has 2 aliphatic rings. The van der Waals surface area contributed by atoms with Gasteiger partial charge < -0.3 is 0 Å². The van der Waals surface area contributed by atoms with Crippen molar-refractivity contribution in [3.05, 3.63) is 36.0 Å². The Morgan fingerprint density at radius 1 is 1.14 bits per heavy atom. The predicted octanol–water partition coefficient (Wildman–Crippen LogP) is 4.31. The molecule has 0 aliphatic heterocycles. The van der Waals surface area contributed by atoms with E-state index < -0.39 is 0 Å². The largest absolute Gasteiger partial charge is 0.256 e. The third-order valence-electron chi connectivity index (χ3n) is 6.05. The van der Waals surface area contributed by atoms with E-state index in [-0.39, 0.29) is 0 Å². The van der Waals surface area contributed by atoms with Gasteiger partial charge in [-0.15, -0.1) is 9.24 Å². The molecule has 112 valence electrons. The third kappa shape index (κ3) is 2.15. The molecule has 2 saturated carbocycles.